The Bertz CT molecular complexity index is 354. The summed E-state index contributed by atoms with van der Waals surface area (Å²) >= 11 is 0. The predicted molar refractivity (Wildman–Crippen MR) is 63.2 cm³/mol. The minimum absolute atomic E-state index is 0.218. The highest BCUT2D eigenvalue weighted by Crippen LogP contribution is 2.28. The van der Waals surface area contributed by atoms with Crippen molar-refractivity contribution in [2.75, 3.05) is 0 Å². The van der Waals surface area contributed by atoms with Gasteiger partial charge in [-0.3, -0.25) is 0 Å². The number of benzene rings is 1. The fourth-order valence-electron chi connectivity index (χ4n) is 2.23. The lowest BCUT2D eigenvalue weighted by Gasteiger charge is -2.27. The van der Waals surface area contributed by atoms with Gasteiger partial charge in [-0.2, -0.15) is 0 Å². The molecule has 0 N–H and O–H groups in total. The van der Waals surface area contributed by atoms with Gasteiger partial charge in [0, 0.05) is 6.07 Å². The minimum Gasteiger partial charge on any atom is -0.490 e. The zero-order chi connectivity index (χ0) is 11.5. The van der Waals surface area contributed by atoms with Crippen molar-refractivity contribution < 1.29 is 9.13 Å². The molecule has 1 aliphatic carbocycles. The van der Waals surface area contributed by atoms with Crippen LogP contribution in [0.15, 0.2) is 18.2 Å². The lowest BCUT2D eigenvalue weighted by atomic mass is 9.89. The molecule has 1 fully saturated rings. The fourth-order valence-corrected chi connectivity index (χ4v) is 2.23. The van der Waals surface area contributed by atoms with Gasteiger partial charge in [-0.15, -0.1) is 0 Å². The van der Waals surface area contributed by atoms with Gasteiger partial charge in [0.1, 0.15) is 11.6 Å². The maximum atomic E-state index is 13.1. The monoisotopic (exact) mass is 222 g/mol. The Kier molecular flexibility index (Phi) is 3.47. The zero-order valence-electron chi connectivity index (χ0n) is 10.0. The summed E-state index contributed by atoms with van der Waals surface area (Å²) < 4.78 is 19.0. The SMILES string of the molecule is Cc1ccc(F)cc1OC1CCC(C)CC1. The average molecular weight is 222 g/mol. The number of aryl methyl sites for hydroxylation is 1. The molecule has 0 unspecified atom stereocenters. The molecule has 0 aliphatic heterocycles. The maximum absolute atomic E-state index is 13.1. The molecule has 2 heteroatoms. The number of ether oxygens (including phenoxy) is 1. The molecule has 0 bridgehead atoms. The van der Waals surface area contributed by atoms with Gasteiger partial charge >= 0.3 is 0 Å². The minimum atomic E-state index is -0.218. The van der Waals surface area contributed by atoms with Crippen LogP contribution in [0.2, 0.25) is 0 Å². The molecule has 16 heavy (non-hydrogen) atoms. The number of hydrogen-bond donors (Lipinski definition) is 0. The highest BCUT2D eigenvalue weighted by atomic mass is 19.1. The van der Waals surface area contributed by atoms with Gasteiger partial charge < -0.3 is 4.74 Å². The molecular formula is C14H19FO. The van der Waals surface area contributed by atoms with Crippen LogP contribution in [0.4, 0.5) is 4.39 Å². The van der Waals surface area contributed by atoms with Gasteiger partial charge in [-0.1, -0.05) is 13.0 Å². The van der Waals surface area contributed by atoms with Gasteiger partial charge in [-0.05, 0) is 50.2 Å². The molecule has 88 valence electrons. The van der Waals surface area contributed by atoms with Crippen molar-refractivity contribution in [1.29, 1.82) is 0 Å². The molecule has 0 heterocycles. The molecule has 0 radical (unpaired) electrons. The topological polar surface area (TPSA) is 9.23 Å². The molecule has 0 amide bonds. The Balaban J connectivity index is 2.00. The quantitative estimate of drug-likeness (QED) is 0.732. The second kappa shape index (κ2) is 4.86. The molecule has 1 aromatic rings. The van der Waals surface area contributed by atoms with Crippen molar-refractivity contribution in [2.45, 2.75) is 45.6 Å². The molecule has 2 rings (SSSR count). The van der Waals surface area contributed by atoms with Crippen LogP contribution in [-0.4, -0.2) is 6.10 Å². The molecule has 1 nitrogen and oxygen atoms in total. The van der Waals surface area contributed by atoms with Crippen molar-refractivity contribution >= 4 is 0 Å². The van der Waals surface area contributed by atoms with E-state index in [1.54, 1.807) is 6.07 Å². The lowest BCUT2D eigenvalue weighted by Crippen LogP contribution is -2.23. The Morgan fingerprint density at radius 1 is 1.19 bits per heavy atom. The molecule has 1 saturated carbocycles. The van der Waals surface area contributed by atoms with E-state index in [1.165, 1.54) is 25.0 Å². The van der Waals surface area contributed by atoms with E-state index in [1.807, 2.05) is 6.92 Å². The summed E-state index contributed by atoms with van der Waals surface area (Å²) in [6.07, 6.45) is 4.91. The molecule has 1 aromatic carbocycles. The van der Waals surface area contributed by atoms with Gasteiger partial charge in [0.15, 0.2) is 0 Å². The molecule has 0 saturated heterocycles. The summed E-state index contributed by atoms with van der Waals surface area (Å²) in [6.45, 7) is 4.24. The molecule has 0 aromatic heterocycles. The van der Waals surface area contributed by atoms with Gasteiger partial charge in [0.05, 0.1) is 6.10 Å². The summed E-state index contributed by atoms with van der Waals surface area (Å²) in [6, 6.07) is 4.74. The van der Waals surface area contributed by atoms with Crippen LogP contribution in [0, 0.1) is 18.7 Å². The first-order chi connectivity index (χ1) is 7.65. The highest BCUT2D eigenvalue weighted by molar-refractivity contribution is 5.32. The Morgan fingerprint density at radius 3 is 2.56 bits per heavy atom. The van der Waals surface area contributed by atoms with E-state index < -0.39 is 0 Å². The van der Waals surface area contributed by atoms with E-state index >= 15 is 0 Å². The third kappa shape index (κ3) is 2.75. The van der Waals surface area contributed by atoms with Gasteiger partial charge in [0.25, 0.3) is 0 Å². The fraction of sp³-hybridized carbons (Fsp3) is 0.571. The van der Waals surface area contributed by atoms with Crippen LogP contribution in [0.25, 0.3) is 0 Å². The van der Waals surface area contributed by atoms with Crippen LogP contribution >= 0.6 is 0 Å². The van der Waals surface area contributed by atoms with Crippen LogP contribution in [-0.2, 0) is 0 Å². The molecule has 0 spiro atoms. The van der Waals surface area contributed by atoms with Gasteiger partial charge in [-0.25, -0.2) is 4.39 Å². The van der Waals surface area contributed by atoms with Crippen LogP contribution in [0.3, 0.4) is 0 Å². The summed E-state index contributed by atoms with van der Waals surface area (Å²) in [5.74, 6) is 1.30. The summed E-state index contributed by atoms with van der Waals surface area (Å²) in [5.41, 5.74) is 1.01. The first-order valence-corrected chi connectivity index (χ1v) is 6.08. The molecular weight excluding hydrogens is 203 g/mol. The number of hydrogen-bond acceptors (Lipinski definition) is 1. The maximum Gasteiger partial charge on any atom is 0.126 e. The Morgan fingerprint density at radius 2 is 1.88 bits per heavy atom. The molecule has 0 atom stereocenters. The molecule has 1 aliphatic rings. The normalized spacial score (nSPS) is 25.4. The second-order valence-corrected chi connectivity index (χ2v) is 4.91. The predicted octanol–water partition coefficient (Wildman–Crippen LogP) is 4.09. The van der Waals surface area contributed by atoms with Crippen LogP contribution in [0.1, 0.15) is 38.2 Å². The summed E-state index contributed by atoms with van der Waals surface area (Å²) in [7, 11) is 0. The zero-order valence-corrected chi connectivity index (χ0v) is 10.0. The Hall–Kier alpha value is -1.05. The third-order valence-electron chi connectivity index (χ3n) is 3.41. The van der Waals surface area contributed by atoms with E-state index in [0.717, 1.165) is 24.3 Å². The smallest absolute Gasteiger partial charge is 0.126 e. The van der Waals surface area contributed by atoms with E-state index in [-0.39, 0.29) is 11.9 Å². The lowest BCUT2D eigenvalue weighted by molar-refractivity contribution is 0.134. The number of halogens is 1. The third-order valence-corrected chi connectivity index (χ3v) is 3.41. The van der Waals surface area contributed by atoms with Crippen LogP contribution in [0.5, 0.6) is 5.75 Å². The van der Waals surface area contributed by atoms with Crippen LogP contribution < -0.4 is 4.74 Å². The Labute approximate surface area is 96.6 Å². The van der Waals surface area contributed by atoms with Crippen molar-refractivity contribution in [3.63, 3.8) is 0 Å². The first kappa shape index (κ1) is 11.4. The van der Waals surface area contributed by atoms with E-state index in [2.05, 4.69) is 6.92 Å². The number of rotatable bonds is 2. The van der Waals surface area contributed by atoms with E-state index in [9.17, 15) is 4.39 Å². The summed E-state index contributed by atoms with van der Waals surface area (Å²) in [4.78, 5) is 0. The van der Waals surface area contributed by atoms with Gasteiger partial charge in [0.2, 0.25) is 0 Å². The van der Waals surface area contributed by atoms with Crippen molar-refractivity contribution in [3.8, 4) is 5.75 Å². The second-order valence-electron chi connectivity index (χ2n) is 4.91. The van der Waals surface area contributed by atoms with Crippen molar-refractivity contribution in [3.05, 3.63) is 29.6 Å². The van der Waals surface area contributed by atoms with Crippen molar-refractivity contribution in [2.24, 2.45) is 5.92 Å². The first-order valence-electron chi connectivity index (χ1n) is 6.08. The van der Waals surface area contributed by atoms with E-state index in [4.69, 9.17) is 4.74 Å². The van der Waals surface area contributed by atoms with Crippen molar-refractivity contribution in [1.82, 2.24) is 0 Å². The standard InChI is InChI=1S/C14H19FO/c1-10-3-7-13(8-4-10)16-14-9-12(15)6-5-11(14)2/h5-6,9-10,13H,3-4,7-8H2,1-2H3. The van der Waals surface area contributed by atoms with E-state index in [0.29, 0.717) is 5.75 Å². The average Bonchev–Trinajstić information content (AvgIpc) is 2.27. The summed E-state index contributed by atoms with van der Waals surface area (Å²) in [5, 5.41) is 0. The largest absolute Gasteiger partial charge is 0.490 e. The highest BCUT2D eigenvalue weighted by Gasteiger charge is 2.20.